The molecule has 0 spiro atoms. The van der Waals surface area contributed by atoms with E-state index in [4.69, 9.17) is 0 Å². The molecule has 0 radical (unpaired) electrons. The van der Waals surface area contributed by atoms with E-state index in [9.17, 15) is 4.79 Å². The van der Waals surface area contributed by atoms with Crippen LogP contribution < -0.4 is 10.8 Å². The van der Waals surface area contributed by atoms with Crippen LogP contribution >= 0.6 is 0 Å². The van der Waals surface area contributed by atoms with Crippen molar-refractivity contribution in [2.45, 2.75) is 20.3 Å². The number of hydrogen-bond acceptors (Lipinski definition) is 3. The molecular weight excluding hydrogens is 230 g/mol. The van der Waals surface area contributed by atoms with Gasteiger partial charge in [0.05, 0.1) is 12.8 Å². The lowest BCUT2D eigenvalue weighted by Gasteiger charge is -2.06. The molecule has 96 valence electrons. The fraction of sp³-hybridized carbons (Fsp3) is 0.385. The number of rotatable bonds is 3. The zero-order chi connectivity index (χ0) is 13.1. The maximum Gasteiger partial charge on any atom is 0.343 e. The molecule has 0 unspecified atom stereocenters. The van der Waals surface area contributed by atoms with Crippen LogP contribution in [0.2, 0.25) is 0 Å². The molecule has 0 saturated carbocycles. The van der Waals surface area contributed by atoms with Crippen molar-refractivity contribution in [2.75, 3.05) is 12.4 Å². The molecule has 0 saturated heterocycles. The summed E-state index contributed by atoms with van der Waals surface area (Å²) < 4.78 is 0. The average molecular weight is 247 g/mol. The van der Waals surface area contributed by atoms with E-state index in [0.717, 1.165) is 12.1 Å². The van der Waals surface area contributed by atoms with Crippen LogP contribution in [0, 0.1) is 5.92 Å². The predicted molar refractivity (Wildman–Crippen MR) is 71.2 cm³/mol. The second-order valence-corrected chi connectivity index (χ2v) is 4.54. The van der Waals surface area contributed by atoms with Crippen LogP contribution in [0.4, 0.5) is 16.2 Å². The van der Waals surface area contributed by atoms with Crippen molar-refractivity contribution in [3.05, 3.63) is 23.8 Å². The van der Waals surface area contributed by atoms with Crippen LogP contribution in [0.1, 0.15) is 19.4 Å². The van der Waals surface area contributed by atoms with Gasteiger partial charge in [-0.1, -0.05) is 19.9 Å². The molecule has 5 nitrogen and oxygen atoms in total. The zero-order valence-electron chi connectivity index (χ0n) is 10.8. The van der Waals surface area contributed by atoms with Crippen molar-refractivity contribution in [3.63, 3.8) is 0 Å². The quantitative estimate of drug-likeness (QED) is 0.806. The van der Waals surface area contributed by atoms with Gasteiger partial charge in [0.1, 0.15) is 0 Å². The first-order valence-electron chi connectivity index (χ1n) is 5.90. The molecule has 0 aromatic heterocycles. The van der Waals surface area contributed by atoms with E-state index >= 15 is 0 Å². The van der Waals surface area contributed by atoms with E-state index in [1.807, 2.05) is 18.2 Å². The first-order valence-corrected chi connectivity index (χ1v) is 5.90. The minimum Gasteiger partial charge on any atom is -0.306 e. The van der Waals surface area contributed by atoms with Crippen LogP contribution in [0.5, 0.6) is 0 Å². The Labute approximate surface area is 106 Å². The summed E-state index contributed by atoms with van der Waals surface area (Å²) in [6, 6.07) is 5.34. The Balaban J connectivity index is 2.13. The molecule has 1 aliphatic rings. The number of aliphatic imine (C=N–C) groups is 1. The van der Waals surface area contributed by atoms with Gasteiger partial charge in [-0.2, -0.15) is 0 Å². The summed E-state index contributed by atoms with van der Waals surface area (Å²) >= 11 is 0. The molecule has 0 fully saturated rings. The third kappa shape index (κ3) is 2.68. The number of anilines is 1. The number of nitrogens with one attached hydrogen (secondary N) is 2. The summed E-state index contributed by atoms with van der Waals surface area (Å²) in [5.74, 6) is 0.450. The van der Waals surface area contributed by atoms with Crippen LogP contribution in [0.15, 0.2) is 23.2 Å². The minimum atomic E-state index is -0.400. The number of nitrogens with zero attached hydrogens (tertiary/aromatic N) is 1. The van der Waals surface area contributed by atoms with Gasteiger partial charge in [0.25, 0.3) is 0 Å². The maximum atomic E-state index is 11.3. The predicted octanol–water partition coefficient (Wildman–Crippen LogP) is 2.65. The van der Waals surface area contributed by atoms with Crippen molar-refractivity contribution >= 4 is 23.1 Å². The first-order chi connectivity index (χ1) is 8.60. The monoisotopic (exact) mass is 247 g/mol. The highest BCUT2D eigenvalue weighted by Crippen LogP contribution is 2.31. The summed E-state index contributed by atoms with van der Waals surface area (Å²) in [6.45, 7) is 4.27. The maximum absolute atomic E-state index is 11.3. The van der Waals surface area contributed by atoms with Crippen molar-refractivity contribution in [3.8, 4) is 0 Å². The molecule has 1 heterocycles. The number of benzene rings is 1. The van der Waals surface area contributed by atoms with Crippen LogP contribution in [0.25, 0.3) is 0 Å². The first kappa shape index (κ1) is 12.6. The van der Waals surface area contributed by atoms with Gasteiger partial charge in [-0.15, -0.1) is 0 Å². The topological polar surface area (TPSA) is 62.7 Å². The summed E-state index contributed by atoms with van der Waals surface area (Å²) in [5, 5.41) is 2.67. The number of carbonyl (C=O) groups excluding carboxylic acids is 1. The highest BCUT2D eigenvalue weighted by Gasteiger charge is 2.17. The Kier molecular flexibility index (Phi) is 3.62. The third-order valence-corrected chi connectivity index (χ3v) is 2.84. The fourth-order valence-corrected chi connectivity index (χ4v) is 1.87. The highest BCUT2D eigenvalue weighted by atomic mass is 16.6. The van der Waals surface area contributed by atoms with Crippen molar-refractivity contribution in [1.29, 1.82) is 0 Å². The van der Waals surface area contributed by atoms with Gasteiger partial charge in [0.2, 0.25) is 0 Å². The molecule has 2 N–H and O–H groups in total. The molecule has 2 amide bonds. The molecule has 2 rings (SSSR count). The smallest absolute Gasteiger partial charge is 0.306 e. The van der Waals surface area contributed by atoms with E-state index in [1.54, 1.807) is 0 Å². The summed E-state index contributed by atoms with van der Waals surface area (Å²) in [4.78, 5) is 20.4. The van der Waals surface area contributed by atoms with Crippen molar-refractivity contribution < 1.29 is 9.63 Å². The normalized spacial score (nSPS) is 13.2. The lowest BCUT2D eigenvalue weighted by Crippen LogP contribution is -2.27. The van der Waals surface area contributed by atoms with Crippen molar-refractivity contribution in [1.82, 2.24) is 5.48 Å². The van der Waals surface area contributed by atoms with Gasteiger partial charge in [0.15, 0.2) is 0 Å². The molecule has 0 bridgehead atoms. The van der Waals surface area contributed by atoms with Gasteiger partial charge >= 0.3 is 6.03 Å². The van der Waals surface area contributed by atoms with Gasteiger partial charge < -0.3 is 5.32 Å². The Bertz CT molecular complexity index is 495. The van der Waals surface area contributed by atoms with Gasteiger partial charge in [-0.25, -0.2) is 10.3 Å². The van der Waals surface area contributed by atoms with Crippen LogP contribution in [-0.4, -0.2) is 18.9 Å². The van der Waals surface area contributed by atoms with E-state index < -0.39 is 6.03 Å². The fourth-order valence-electron chi connectivity index (χ4n) is 1.87. The summed E-state index contributed by atoms with van der Waals surface area (Å²) in [6.07, 6.45) is 0.900. The molecule has 0 aliphatic carbocycles. The molecule has 18 heavy (non-hydrogen) atoms. The SMILES string of the molecule is CONC(=O)Nc1ccc2c(c1)N=C(C(C)C)C2. The lowest BCUT2D eigenvalue weighted by atomic mass is 10.0. The molecular formula is C13H17N3O2. The van der Waals surface area contributed by atoms with Gasteiger partial charge in [0, 0.05) is 17.8 Å². The standard InChI is InChI=1S/C13H17N3O2/c1-8(2)11-6-9-4-5-10(7-12(9)15-11)14-13(17)16-18-3/h4-5,7-8H,6H2,1-3H3,(H2,14,16,17). The number of urea groups is 1. The molecule has 5 heteroatoms. The van der Waals surface area contributed by atoms with Crippen LogP contribution in [-0.2, 0) is 11.3 Å². The number of carbonyl (C=O) groups is 1. The number of fused-ring (bicyclic) bond motifs is 1. The average Bonchev–Trinajstić information content (AvgIpc) is 2.72. The second-order valence-electron chi connectivity index (χ2n) is 4.54. The van der Waals surface area contributed by atoms with E-state index in [0.29, 0.717) is 11.6 Å². The summed E-state index contributed by atoms with van der Waals surface area (Å²) in [7, 11) is 1.39. The molecule has 1 aromatic carbocycles. The molecule has 1 aromatic rings. The second kappa shape index (κ2) is 5.18. The van der Waals surface area contributed by atoms with E-state index in [1.165, 1.54) is 18.4 Å². The van der Waals surface area contributed by atoms with Gasteiger partial charge in [-0.05, 0) is 23.6 Å². The van der Waals surface area contributed by atoms with Crippen LogP contribution in [0.3, 0.4) is 0 Å². The number of amides is 2. The minimum absolute atomic E-state index is 0.400. The van der Waals surface area contributed by atoms with Gasteiger partial charge in [-0.3, -0.25) is 9.83 Å². The lowest BCUT2D eigenvalue weighted by molar-refractivity contribution is 0.114. The van der Waals surface area contributed by atoms with E-state index in [2.05, 4.69) is 34.5 Å². The molecule has 1 aliphatic heterocycles. The van der Waals surface area contributed by atoms with E-state index in [-0.39, 0.29) is 0 Å². The Morgan fingerprint density at radius 3 is 2.89 bits per heavy atom. The third-order valence-electron chi connectivity index (χ3n) is 2.84. The number of hydroxylamine groups is 1. The largest absolute Gasteiger partial charge is 0.343 e. The Morgan fingerprint density at radius 1 is 1.44 bits per heavy atom. The van der Waals surface area contributed by atoms with Crippen molar-refractivity contribution in [2.24, 2.45) is 10.9 Å². The highest BCUT2D eigenvalue weighted by molar-refractivity contribution is 5.96. The zero-order valence-corrected chi connectivity index (χ0v) is 10.8. The Hall–Kier alpha value is -1.88. The Morgan fingerprint density at radius 2 is 2.22 bits per heavy atom. The number of hydrogen-bond donors (Lipinski definition) is 2. The molecule has 0 atom stereocenters. The summed E-state index contributed by atoms with van der Waals surface area (Å²) in [5.41, 5.74) is 6.24.